The van der Waals surface area contributed by atoms with Crippen LogP contribution in [0.15, 0.2) is 48.5 Å². The smallest absolute Gasteiger partial charge is 0.338 e. The van der Waals surface area contributed by atoms with Crippen LogP contribution in [0.3, 0.4) is 0 Å². The minimum Gasteiger partial charge on any atom is -0.462 e. The number of unbranched alkanes of at least 4 members (excludes halogenated alkanes) is 1. The number of nitrogens with zero attached hydrogens (tertiary/aromatic N) is 1. The van der Waals surface area contributed by atoms with Crippen LogP contribution in [0.5, 0.6) is 0 Å². The molecule has 0 bridgehead atoms. The molecule has 2 aromatic rings. The van der Waals surface area contributed by atoms with Crippen LogP contribution in [0, 0.1) is 0 Å². The summed E-state index contributed by atoms with van der Waals surface area (Å²) in [6.45, 7) is 1.84. The van der Waals surface area contributed by atoms with Crippen LogP contribution in [0.25, 0.3) is 0 Å². The van der Waals surface area contributed by atoms with Crippen molar-refractivity contribution in [2.45, 2.75) is 32.6 Å². The molecule has 1 fully saturated rings. The van der Waals surface area contributed by atoms with E-state index >= 15 is 0 Å². The third-order valence-corrected chi connectivity index (χ3v) is 4.88. The number of nitrogens with one attached hydrogen (secondary N) is 2. The van der Waals surface area contributed by atoms with E-state index < -0.39 is 24.5 Å². The van der Waals surface area contributed by atoms with Gasteiger partial charge < -0.3 is 14.8 Å². The van der Waals surface area contributed by atoms with Gasteiger partial charge in [0, 0.05) is 18.5 Å². The number of carbonyl (C=O) groups excluding carboxylic acids is 5. The Bertz CT molecular complexity index is 1060. The van der Waals surface area contributed by atoms with Gasteiger partial charge in [-0.15, -0.1) is 0 Å². The normalized spacial score (nSPS) is 13.1. The number of benzene rings is 2. The van der Waals surface area contributed by atoms with Gasteiger partial charge in [-0.1, -0.05) is 13.3 Å². The highest BCUT2D eigenvalue weighted by molar-refractivity contribution is 6.01. The maximum absolute atomic E-state index is 12.2. The second-order valence-corrected chi connectivity index (χ2v) is 7.50. The first-order valence-electron chi connectivity index (χ1n) is 10.8. The molecule has 0 radical (unpaired) electrons. The molecule has 0 aliphatic carbocycles. The quantitative estimate of drug-likeness (QED) is 0.428. The summed E-state index contributed by atoms with van der Waals surface area (Å²) >= 11 is 0. The second kappa shape index (κ2) is 11.6. The van der Waals surface area contributed by atoms with E-state index in [1.165, 1.54) is 36.4 Å². The zero-order valence-corrected chi connectivity index (χ0v) is 18.7. The van der Waals surface area contributed by atoms with Gasteiger partial charge in [0.25, 0.3) is 5.91 Å². The van der Waals surface area contributed by atoms with Crippen molar-refractivity contribution in [3.63, 3.8) is 0 Å². The second-order valence-electron chi connectivity index (χ2n) is 7.50. The highest BCUT2D eigenvalue weighted by Crippen LogP contribution is 2.18. The molecule has 1 saturated heterocycles. The molecule has 0 saturated carbocycles. The average Bonchev–Trinajstić information content (AvgIpc) is 2.84. The number of esters is 2. The summed E-state index contributed by atoms with van der Waals surface area (Å²) in [5.41, 5.74) is 3.86. The molecule has 1 aliphatic rings. The molecule has 10 nitrogen and oxygen atoms in total. The molecule has 1 aliphatic heterocycles. The van der Waals surface area contributed by atoms with Crippen molar-refractivity contribution >= 4 is 41.0 Å². The third kappa shape index (κ3) is 6.64. The summed E-state index contributed by atoms with van der Waals surface area (Å²) < 4.78 is 10.2. The molecule has 0 atom stereocenters. The molecule has 0 unspecified atom stereocenters. The number of hydrogen-bond donors (Lipinski definition) is 2. The van der Waals surface area contributed by atoms with Crippen molar-refractivity contribution in [2.75, 3.05) is 23.5 Å². The Morgan fingerprint density at radius 2 is 1.53 bits per heavy atom. The number of hydrazine groups is 1. The summed E-state index contributed by atoms with van der Waals surface area (Å²) in [7, 11) is 0. The van der Waals surface area contributed by atoms with Crippen LogP contribution < -0.4 is 15.8 Å². The lowest BCUT2D eigenvalue weighted by molar-refractivity contribution is -0.130. The monoisotopic (exact) mass is 467 g/mol. The fourth-order valence-electron chi connectivity index (χ4n) is 3.02. The standard InChI is InChI=1S/C24H25N3O7/c1-2-3-14-33-23(31)16-4-8-18(9-5-16)25-21(29)15-34-24(32)17-6-10-19(11-7-17)27-22(30)13-12-20(28)26-27/h4-11H,2-3,12-15H2,1H3,(H,25,29)(H,26,28). The maximum Gasteiger partial charge on any atom is 0.338 e. The Balaban J connectivity index is 1.47. The molecule has 10 heteroatoms. The zero-order valence-electron chi connectivity index (χ0n) is 18.7. The molecule has 2 N–H and O–H groups in total. The largest absolute Gasteiger partial charge is 0.462 e. The third-order valence-electron chi connectivity index (χ3n) is 4.88. The van der Waals surface area contributed by atoms with Crippen molar-refractivity contribution in [3.8, 4) is 0 Å². The van der Waals surface area contributed by atoms with E-state index in [9.17, 15) is 24.0 Å². The minimum atomic E-state index is -0.721. The predicted molar refractivity (Wildman–Crippen MR) is 122 cm³/mol. The van der Waals surface area contributed by atoms with Gasteiger partial charge in [-0.25, -0.2) is 14.6 Å². The van der Waals surface area contributed by atoms with Crippen molar-refractivity contribution < 1.29 is 33.4 Å². The van der Waals surface area contributed by atoms with E-state index in [2.05, 4.69) is 10.7 Å². The van der Waals surface area contributed by atoms with Crippen molar-refractivity contribution in [2.24, 2.45) is 0 Å². The average molecular weight is 467 g/mol. The molecule has 178 valence electrons. The number of amides is 3. The van der Waals surface area contributed by atoms with Gasteiger partial charge in [0.15, 0.2) is 6.61 Å². The van der Waals surface area contributed by atoms with Crippen LogP contribution >= 0.6 is 0 Å². The molecule has 3 rings (SSSR count). The van der Waals surface area contributed by atoms with Gasteiger partial charge in [0.2, 0.25) is 11.8 Å². The lowest BCUT2D eigenvalue weighted by Gasteiger charge is -2.27. The zero-order chi connectivity index (χ0) is 24.5. The van der Waals surface area contributed by atoms with E-state index in [-0.39, 0.29) is 30.2 Å². The van der Waals surface area contributed by atoms with Crippen LogP contribution in [0.4, 0.5) is 11.4 Å². The fourth-order valence-corrected chi connectivity index (χ4v) is 3.02. The van der Waals surface area contributed by atoms with Crippen LogP contribution in [-0.2, 0) is 23.9 Å². The summed E-state index contributed by atoms with van der Waals surface area (Å²) in [5.74, 6) is -2.23. The molecular formula is C24H25N3O7. The highest BCUT2D eigenvalue weighted by Gasteiger charge is 2.24. The molecule has 0 spiro atoms. The van der Waals surface area contributed by atoms with Crippen LogP contribution in [0.2, 0.25) is 0 Å². The fraction of sp³-hybridized carbons (Fsp3) is 0.292. The Labute approximate surface area is 196 Å². The van der Waals surface area contributed by atoms with E-state index in [4.69, 9.17) is 9.47 Å². The lowest BCUT2D eigenvalue weighted by Crippen LogP contribution is -2.50. The van der Waals surface area contributed by atoms with Crippen molar-refractivity contribution in [1.29, 1.82) is 0 Å². The van der Waals surface area contributed by atoms with Gasteiger partial charge >= 0.3 is 11.9 Å². The molecule has 34 heavy (non-hydrogen) atoms. The molecule has 0 aromatic heterocycles. The number of anilines is 2. The molecule has 3 amide bonds. The SMILES string of the molecule is CCCCOC(=O)c1ccc(NC(=O)COC(=O)c2ccc(N3NC(=O)CCC3=O)cc2)cc1. The van der Waals surface area contributed by atoms with Gasteiger partial charge in [-0.2, -0.15) is 0 Å². The van der Waals surface area contributed by atoms with E-state index in [1.54, 1.807) is 12.1 Å². The van der Waals surface area contributed by atoms with E-state index in [0.717, 1.165) is 17.9 Å². The first-order valence-corrected chi connectivity index (χ1v) is 10.8. The lowest BCUT2D eigenvalue weighted by atomic mass is 10.2. The Morgan fingerprint density at radius 3 is 2.18 bits per heavy atom. The maximum atomic E-state index is 12.2. The van der Waals surface area contributed by atoms with Crippen LogP contribution in [0.1, 0.15) is 53.3 Å². The van der Waals surface area contributed by atoms with Gasteiger partial charge in [0.1, 0.15) is 0 Å². The van der Waals surface area contributed by atoms with Crippen LogP contribution in [-0.4, -0.2) is 42.9 Å². The summed E-state index contributed by atoms with van der Waals surface area (Å²) in [6, 6.07) is 12.0. The topological polar surface area (TPSA) is 131 Å². The van der Waals surface area contributed by atoms with Gasteiger partial charge in [-0.3, -0.25) is 19.8 Å². The highest BCUT2D eigenvalue weighted by atomic mass is 16.5. The van der Waals surface area contributed by atoms with Crippen molar-refractivity contribution in [3.05, 3.63) is 59.7 Å². The molecular weight excluding hydrogens is 442 g/mol. The Morgan fingerprint density at radius 1 is 0.912 bits per heavy atom. The minimum absolute atomic E-state index is 0.108. The Hall–Kier alpha value is -4.21. The summed E-state index contributed by atoms with van der Waals surface area (Å²) in [6.07, 6.45) is 1.96. The Kier molecular flexibility index (Phi) is 8.33. The number of ether oxygens (including phenoxy) is 2. The molecule has 2 aromatic carbocycles. The first kappa shape index (κ1) is 24.4. The van der Waals surface area contributed by atoms with Gasteiger partial charge in [-0.05, 0) is 55.0 Å². The summed E-state index contributed by atoms with van der Waals surface area (Å²) in [4.78, 5) is 59.7. The molecule has 1 heterocycles. The summed E-state index contributed by atoms with van der Waals surface area (Å²) in [5, 5.41) is 3.71. The predicted octanol–water partition coefficient (Wildman–Crippen LogP) is 2.60. The first-order chi connectivity index (χ1) is 16.4. The van der Waals surface area contributed by atoms with Gasteiger partial charge in [0.05, 0.1) is 23.4 Å². The number of rotatable bonds is 9. The van der Waals surface area contributed by atoms with E-state index in [0.29, 0.717) is 23.5 Å². The number of carbonyl (C=O) groups is 5. The number of hydrogen-bond acceptors (Lipinski definition) is 7. The van der Waals surface area contributed by atoms with Crippen molar-refractivity contribution in [1.82, 2.24) is 5.43 Å². The van der Waals surface area contributed by atoms with E-state index in [1.807, 2.05) is 6.92 Å².